The summed E-state index contributed by atoms with van der Waals surface area (Å²) in [6.07, 6.45) is -1.29. The lowest BCUT2D eigenvalue weighted by Gasteiger charge is -2.35. The van der Waals surface area contributed by atoms with E-state index in [9.17, 15) is 18.0 Å². The number of carbonyl (C=O) groups is 1. The average molecular weight is 368 g/mol. The van der Waals surface area contributed by atoms with Crippen LogP contribution in [0.1, 0.15) is 5.56 Å². The van der Waals surface area contributed by atoms with E-state index in [4.69, 9.17) is 5.11 Å². The van der Waals surface area contributed by atoms with E-state index in [1.807, 2.05) is 0 Å². The van der Waals surface area contributed by atoms with E-state index < -0.39 is 17.8 Å². The molecule has 3 rings (SSSR count). The Hall–Kier alpha value is -3.11. The number of aromatic hydroxyl groups is 1. The van der Waals surface area contributed by atoms with Crippen molar-refractivity contribution in [1.82, 2.24) is 19.9 Å². The van der Waals surface area contributed by atoms with Crippen LogP contribution in [0, 0.1) is 0 Å². The SMILES string of the molecule is O=C(Nc1ncc(O)cn1)N1CCN(c2ccc(C(F)(F)F)cn2)CC1. The van der Waals surface area contributed by atoms with Gasteiger partial charge in [0.2, 0.25) is 5.95 Å². The Morgan fingerprint density at radius 1 is 1.04 bits per heavy atom. The number of nitrogens with one attached hydrogen (secondary N) is 1. The van der Waals surface area contributed by atoms with Gasteiger partial charge in [0.1, 0.15) is 5.82 Å². The molecule has 8 nitrogen and oxygen atoms in total. The fourth-order valence-electron chi connectivity index (χ4n) is 2.44. The molecule has 0 radical (unpaired) electrons. The molecule has 0 unspecified atom stereocenters. The van der Waals surface area contributed by atoms with E-state index in [0.29, 0.717) is 32.0 Å². The van der Waals surface area contributed by atoms with Gasteiger partial charge in [0.15, 0.2) is 5.75 Å². The molecule has 2 aromatic rings. The summed E-state index contributed by atoms with van der Waals surface area (Å²) in [5.74, 6) is 0.389. The largest absolute Gasteiger partial charge is 0.505 e. The molecule has 11 heteroatoms. The minimum atomic E-state index is -4.42. The number of amides is 2. The fraction of sp³-hybridized carbons (Fsp3) is 0.333. The van der Waals surface area contributed by atoms with Crippen molar-refractivity contribution < 1.29 is 23.1 Å². The third-order valence-corrected chi connectivity index (χ3v) is 3.82. The minimum Gasteiger partial charge on any atom is -0.505 e. The summed E-state index contributed by atoms with van der Waals surface area (Å²) in [5.41, 5.74) is -0.798. The van der Waals surface area contributed by atoms with Crippen molar-refractivity contribution in [2.24, 2.45) is 0 Å². The van der Waals surface area contributed by atoms with E-state index in [-0.39, 0.29) is 11.7 Å². The molecule has 0 saturated carbocycles. The number of aromatic nitrogens is 3. The highest BCUT2D eigenvalue weighted by Crippen LogP contribution is 2.29. The van der Waals surface area contributed by atoms with Crippen LogP contribution in [0.5, 0.6) is 5.75 Å². The number of rotatable bonds is 2. The molecular formula is C15H15F3N6O2. The Morgan fingerprint density at radius 2 is 1.69 bits per heavy atom. The minimum absolute atomic E-state index is 0.0691. The third-order valence-electron chi connectivity index (χ3n) is 3.82. The fourth-order valence-corrected chi connectivity index (χ4v) is 2.44. The molecule has 0 atom stereocenters. The molecule has 3 heterocycles. The predicted octanol–water partition coefficient (Wildman–Crippen LogP) is 1.95. The van der Waals surface area contributed by atoms with E-state index in [2.05, 4.69) is 20.3 Å². The molecule has 0 bridgehead atoms. The Morgan fingerprint density at radius 3 is 2.23 bits per heavy atom. The van der Waals surface area contributed by atoms with Crippen LogP contribution in [0.3, 0.4) is 0 Å². The van der Waals surface area contributed by atoms with Gasteiger partial charge in [-0.15, -0.1) is 0 Å². The highest BCUT2D eigenvalue weighted by molar-refractivity contribution is 5.87. The summed E-state index contributed by atoms with van der Waals surface area (Å²) in [4.78, 5) is 26.9. The van der Waals surface area contributed by atoms with E-state index in [1.54, 1.807) is 4.90 Å². The molecule has 138 valence electrons. The number of urea groups is 1. The first kappa shape index (κ1) is 17.7. The number of carbonyl (C=O) groups excluding carboxylic acids is 1. The van der Waals surface area contributed by atoms with Gasteiger partial charge in [-0.25, -0.2) is 19.7 Å². The lowest BCUT2D eigenvalue weighted by molar-refractivity contribution is -0.137. The van der Waals surface area contributed by atoms with Crippen LogP contribution in [-0.4, -0.2) is 57.2 Å². The van der Waals surface area contributed by atoms with Crippen molar-refractivity contribution in [3.8, 4) is 5.75 Å². The van der Waals surface area contributed by atoms with Gasteiger partial charge in [-0.3, -0.25) is 5.32 Å². The lowest BCUT2D eigenvalue weighted by atomic mass is 10.2. The van der Waals surface area contributed by atoms with Gasteiger partial charge in [0.25, 0.3) is 0 Å². The first-order valence-electron chi connectivity index (χ1n) is 7.68. The summed E-state index contributed by atoms with van der Waals surface area (Å²) >= 11 is 0. The van der Waals surface area contributed by atoms with Crippen LogP contribution in [0.15, 0.2) is 30.7 Å². The zero-order valence-corrected chi connectivity index (χ0v) is 13.4. The molecule has 1 aliphatic heterocycles. The van der Waals surface area contributed by atoms with E-state index in [0.717, 1.165) is 24.7 Å². The number of pyridine rings is 1. The third kappa shape index (κ3) is 4.10. The zero-order valence-electron chi connectivity index (χ0n) is 13.4. The first-order valence-corrected chi connectivity index (χ1v) is 7.68. The Kier molecular flexibility index (Phi) is 4.78. The normalized spacial score (nSPS) is 15.0. The summed E-state index contributed by atoms with van der Waals surface area (Å²) in [6, 6.07) is 1.92. The van der Waals surface area contributed by atoms with Crippen molar-refractivity contribution in [3.63, 3.8) is 0 Å². The number of halogens is 3. The van der Waals surface area contributed by atoms with Gasteiger partial charge in [-0.2, -0.15) is 13.2 Å². The standard InChI is InChI=1S/C15H15F3N6O2/c16-15(17,18)10-1-2-12(19-7-10)23-3-5-24(6-4-23)14(26)22-13-20-8-11(25)9-21-13/h1-2,7-9,25H,3-6H2,(H,20,21,22,26). The summed E-state index contributed by atoms with van der Waals surface area (Å²) in [7, 11) is 0. The monoisotopic (exact) mass is 368 g/mol. The van der Waals surface area contributed by atoms with Gasteiger partial charge in [0, 0.05) is 32.4 Å². The second kappa shape index (κ2) is 7.02. The number of alkyl halides is 3. The first-order chi connectivity index (χ1) is 12.3. The molecule has 2 aromatic heterocycles. The Balaban J connectivity index is 1.55. The summed E-state index contributed by atoms with van der Waals surface area (Å²) in [5, 5.41) is 11.6. The maximum absolute atomic E-state index is 12.6. The molecular weight excluding hydrogens is 353 g/mol. The maximum atomic E-state index is 12.6. The number of nitrogens with zero attached hydrogens (tertiary/aromatic N) is 5. The van der Waals surface area contributed by atoms with Gasteiger partial charge in [-0.05, 0) is 12.1 Å². The highest BCUT2D eigenvalue weighted by Gasteiger charge is 2.31. The van der Waals surface area contributed by atoms with Crippen LogP contribution < -0.4 is 10.2 Å². The number of hydrogen-bond donors (Lipinski definition) is 2. The molecule has 1 saturated heterocycles. The molecule has 2 N–H and O–H groups in total. The molecule has 2 amide bonds. The van der Waals surface area contributed by atoms with Crippen molar-refractivity contribution >= 4 is 17.8 Å². The maximum Gasteiger partial charge on any atom is 0.417 e. The van der Waals surface area contributed by atoms with Gasteiger partial charge in [-0.1, -0.05) is 0 Å². The van der Waals surface area contributed by atoms with Crippen molar-refractivity contribution in [1.29, 1.82) is 0 Å². The smallest absolute Gasteiger partial charge is 0.417 e. The predicted molar refractivity (Wildman–Crippen MR) is 85.7 cm³/mol. The van der Waals surface area contributed by atoms with E-state index in [1.165, 1.54) is 11.0 Å². The summed E-state index contributed by atoms with van der Waals surface area (Å²) < 4.78 is 37.7. The number of hydrogen-bond acceptors (Lipinski definition) is 6. The number of piperazine rings is 1. The molecule has 1 aliphatic rings. The highest BCUT2D eigenvalue weighted by atomic mass is 19.4. The Bertz CT molecular complexity index is 758. The average Bonchev–Trinajstić information content (AvgIpc) is 2.63. The lowest BCUT2D eigenvalue weighted by Crippen LogP contribution is -2.50. The number of anilines is 2. The van der Waals surface area contributed by atoms with Crippen LogP contribution in [0.2, 0.25) is 0 Å². The Labute approximate surface area is 146 Å². The van der Waals surface area contributed by atoms with Crippen molar-refractivity contribution in [2.45, 2.75) is 6.18 Å². The second-order valence-electron chi connectivity index (χ2n) is 5.57. The quantitative estimate of drug-likeness (QED) is 0.842. The molecule has 0 aromatic carbocycles. The van der Waals surface area contributed by atoms with Gasteiger partial charge < -0.3 is 14.9 Å². The van der Waals surface area contributed by atoms with Crippen LogP contribution in [0.4, 0.5) is 29.7 Å². The van der Waals surface area contributed by atoms with Gasteiger partial charge >= 0.3 is 12.2 Å². The second-order valence-corrected chi connectivity index (χ2v) is 5.57. The molecule has 26 heavy (non-hydrogen) atoms. The summed E-state index contributed by atoms with van der Waals surface area (Å²) in [6.45, 7) is 1.60. The molecule has 0 aliphatic carbocycles. The van der Waals surface area contributed by atoms with Crippen LogP contribution >= 0.6 is 0 Å². The van der Waals surface area contributed by atoms with Crippen LogP contribution in [-0.2, 0) is 6.18 Å². The van der Waals surface area contributed by atoms with Crippen molar-refractivity contribution in [3.05, 3.63) is 36.3 Å². The zero-order chi connectivity index (χ0) is 18.7. The van der Waals surface area contributed by atoms with Gasteiger partial charge in [0.05, 0.1) is 18.0 Å². The van der Waals surface area contributed by atoms with Crippen LogP contribution in [0.25, 0.3) is 0 Å². The topological polar surface area (TPSA) is 94.5 Å². The van der Waals surface area contributed by atoms with E-state index >= 15 is 0 Å². The van der Waals surface area contributed by atoms with Crippen molar-refractivity contribution in [2.75, 3.05) is 36.4 Å². The molecule has 1 fully saturated rings. The molecule has 0 spiro atoms.